The van der Waals surface area contributed by atoms with Gasteiger partial charge in [-0.05, 0) is 24.7 Å². The Morgan fingerprint density at radius 3 is 2.81 bits per heavy atom. The van der Waals surface area contributed by atoms with E-state index < -0.39 is 0 Å². The second-order valence-electron chi connectivity index (χ2n) is 4.84. The molecule has 3 unspecified atom stereocenters. The monoisotopic (exact) mass is 230 g/mol. The van der Waals surface area contributed by atoms with Crippen molar-refractivity contribution in [2.24, 2.45) is 11.8 Å². The molecule has 1 aliphatic carbocycles. The van der Waals surface area contributed by atoms with Gasteiger partial charge >= 0.3 is 0 Å². The Morgan fingerprint density at radius 1 is 1.31 bits per heavy atom. The lowest BCUT2D eigenvalue weighted by atomic mass is 9.78. The van der Waals surface area contributed by atoms with Crippen LogP contribution in [0.25, 0.3) is 0 Å². The molecule has 0 saturated heterocycles. The highest BCUT2D eigenvalue weighted by molar-refractivity contribution is 4.77. The Morgan fingerprint density at radius 2 is 2.12 bits per heavy atom. The van der Waals surface area contributed by atoms with Gasteiger partial charge < -0.3 is 14.6 Å². The standard InChI is InChI=1S/C13H26O3/c1-3-11-5-4-6-12(9-11)13(14)10-16-8-7-15-2/h11-14H,3-10H2,1-2H3. The fourth-order valence-corrected chi connectivity index (χ4v) is 2.54. The van der Waals surface area contributed by atoms with Gasteiger partial charge in [-0.1, -0.05) is 26.2 Å². The van der Waals surface area contributed by atoms with E-state index in [0.717, 1.165) is 12.3 Å². The molecule has 1 fully saturated rings. The third-order valence-corrected chi connectivity index (χ3v) is 3.67. The highest BCUT2D eigenvalue weighted by atomic mass is 16.5. The van der Waals surface area contributed by atoms with Crippen LogP contribution in [0.2, 0.25) is 0 Å². The van der Waals surface area contributed by atoms with Crippen molar-refractivity contribution >= 4 is 0 Å². The number of hydrogen-bond donors (Lipinski definition) is 1. The smallest absolute Gasteiger partial charge is 0.0801 e. The maximum Gasteiger partial charge on any atom is 0.0801 e. The normalized spacial score (nSPS) is 27.9. The summed E-state index contributed by atoms with van der Waals surface area (Å²) in [5.74, 6) is 1.26. The number of rotatable bonds is 7. The molecule has 0 bridgehead atoms. The first-order valence-corrected chi connectivity index (χ1v) is 6.52. The molecule has 3 nitrogen and oxygen atoms in total. The minimum absolute atomic E-state index is 0.286. The molecule has 0 heterocycles. The van der Waals surface area contributed by atoms with E-state index in [0.29, 0.717) is 25.7 Å². The largest absolute Gasteiger partial charge is 0.390 e. The van der Waals surface area contributed by atoms with Gasteiger partial charge in [-0.3, -0.25) is 0 Å². The summed E-state index contributed by atoms with van der Waals surface area (Å²) in [6, 6.07) is 0. The van der Waals surface area contributed by atoms with Crippen LogP contribution in [0.4, 0.5) is 0 Å². The van der Waals surface area contributed by atoms with E-state index in [1.807, 2.05) is 0 Å². The van der Waals surface area contributed by atoms with Gasteiger partial charge in [0.1, 0.15) is 0 Å². The predicted molar refractivity (Wildman–Crippen MR) is 64.4 cm³/mol. The molecule has 0 aromatic rings. The van der Waals surface area contributed by atoms with Crippen LogP contribution in [-0.2, 0) is 9.47 Å². The first kappa shape index (κ1) is 13.9. The van der Waals surface area contributed by atoms with E-state index in [-0.39, 0.29) is 6.10 Å². The summed E-state index contributed by atoms with van der Waals surface area (Å²) in [6.45, 7) is 3.89. The minimum Gasteiger partial charge on any atom is -0.390 e. The lowest BCUT2D eigenvalue weighted by Crippen LogP contribution is -2.30. The Hall–Kier alpha value is -0.120. The maximum absolute atomic E-state index is 10.0. The summed E-state index contributed by atoms with van der Waals surface area (Å²) in [7, 11) is 1.66. The van der Waals surface area contributed by atoms with Gasteiger partial charge in [-0.2, -0.15) is 0 Å². The summed E-state index contributed by atoms with van der Waals surface area (Å²) in [6.07, 6.45) is 5.89. The molecule has 0 aromatic carbocycles. The quantitative estimate of drug-likeness (QED) is 0.682. The summed E-state index contributed by atoms with van der Waals surface area (Å²) in [5.41, 5.74) is 0. The molecule has 0 aliphatic heterocycles. The lowest BCUT2D eigenvalue weighted by molar-refractivity contribution is -0.0233. The van der Waals surface area contributed by atoms with Gasteiger partial charge in [0.15, 0.2) is 0 Å². The van der Waals surface area contributed by atoms with Crippen LogP contribution in [0.15, 0.2) is 0 Å². The van der Waals surface area contributed by atoms with Gasteiger partial charge in [-0.15, -0.1) is 0 Å². The molecule has 16 heavy (non-hydrogen) atoms. The topological polar surface area (TPSA) is 38.7 Å². The number of methoxy groups -OCH3 is 1. The van der Waals surface area contributed by atoms with Crippen LogP contribution >= 0.6 is 0 Å². The van der Waals surface area contributed by atoms with E-state index in [4.69, 9.17) is 9.47 Å². The molecule has 3 atom stereocenters. The average molecular weight is 230 g/mol. The van der Waals surface area contributed by atoms with Gasteiger partial charge in [0.05, 0.1) is 25.9 Å². The van der Waals surface area contributed by atoms with Crippen molar-refractivity contribution in [3.05, 3.63) is 0 Å². The Balaban J connectivity index is 2.16. The van der Waals surface area contributed by atoms with Gasteiger partial charge in [-0.25, -0.2) is 0 Å². The van der Waals surface area contributed by atoms with Crippen molar-refractivity contribution in [2.45, 2.75) is 45.1 Å². The zero-order chi connectivity index (χ0) is 11.8. The van der Waals surface area contributed by atoms with E-state index >= 15 is 0 Å². The van der Waals surface area contributed by atoms with Crippen molar-refractivity contribution in [2.75, 3.05) is 26.9 Å². The third kappa shape index (κ3) is 4.81. The van der Waals surface area contributed by atoms with Crippen molar-refractivity contribution in [3.8, 4) is 0 Å². The van der Waals surface area contributed by atoms with E-state index in [1.165, 1.54) is 25.7 Å². The Kier molecular flexibility index (Phi) is 7.01. The second kappa shape index (κ2) is 8.04. The molecular weight excluding hydrogens is 204 g/mol. The fraction of sp³-hybridized carbons (Fsp3) is 1.00. The van der Waals surface area contributed by atoms with Gasteiger partial charge in [0.2, 0.25) is 0 Å². The number of hydrogen-bond acceptors (Lipinski definition) is 3. The maximum atomic E-state index is 10.0. The van der Waals surface area contributed by atoms with Crippen LogP contribution in [0.1, 0.15) is 39.0 Å². The summed E-state index contributed by atoms with van der Waals surface area (Å²) < 4.78 is 10.3. The highest BCUT2D eigenvalue weighted by Crippen LogP contribution is 2.32. The SMILES string of the molecule is CCC1CCCC(C(O)COCCOC)C1. The molecule has 0 radical (unpaired) electrons. The first-order chi connectivity index (χ1) is 7.77. The van der Waals surface area contributed by atoms with Crippen molar-refractivity contribution < 1.29 is 14.6 Å². The number of aliphatic hydroxyl groups excluding tert-OH is 1. The Labute approximate surface area is 99.1 Å². The molecule has 3 heteroatoms. The van der Waals surface area contributed by atoms with Crippen molar-refractivity contribution in [1.29, 1.82) is 0 Å². The molecule has 0 amide bonds. The van der Waals surface area contributed by atoms with E-state index in [2.05, 4.69) is 6.92 Å². The zero-order valence-electron chi connectivity index (χ0n) is 10.7. The predicted octanol–water partition coefficient (Wildman–Crippen LogP) is 2.23. The van der Waals surface area contributed by atoms with Crippen LogP contribution in [-0.4, -0.2) is 38.1 Å². The molecule has 1 saturated carbocycles. The van der Waals surface area contributed by atoms with E-state index in [9.17, 15) is 5.11 Å². The zero-order valence-corrected chi connectivity index (χ0v) is 10.7. The number of aliphatic hydroxyl groups is 1. The summed E-state index contributed by atoms with van der Waals surface area (Å²) in [4.78, 5) is 0. The van der Waals surface area contributed by atoms with Crippen LogP contribution in [0.5, 0.6) is 0 Å². The molecule has 1 aliphatic rings. The average Bonchev–Trinajstić information content (AvgIpc) is 2.34. The van der Waals surface area contributed by atoms with Gasteiger partial charge in [0.25, 0.3) is 0 Å². The summed E-state index contributed by atoms with van der Waals surface area (Å²) >= 11 is 0. The minimum atomic E-state index is -0.286. The first-order valence-electron chi connectivity index (χ1n) is 6.52. The lowest BCUT2D eigenvalue weighted by Gasteiger charge is -2.31. The van der Waals surface area contributed by atoms with E-state index in [1.54, 1.807) is 7.11 Å². The fourth-order valence-electron chi connectivity index (χ4n) is 2.54. The van der Waals surface area contributed by atoms with Crippen LogP contribution in [0, 0.1) is 11.8 Å². The Bertz CT molecular complexity index is 173. The number of ether oxygens (including phenoxy) is 2. The molecule has 1 N–H and O–H groups in total. The van der Waals surface area contributed by atoms with Crippen LogP contribution in [0.3, 0.4) is 0 Å². The molecule has 0 spiro atoms. The highest BCUT2D eigenvalue weighted by Gasteiger charge is 2.26. The molecule has 0 aromatic heterocycles. The van der Waals surface area contributed by atoms with Crippen LogP contribution < -0.4 is 0 Å². The summed E-state index contributed by atoms with van der Waals surface area (Å²) in [5, 5.41) is 10.0. The molecule has 96 valence electrons. The molecule has 1 rings (SSSR count). The third-order valence-electron chi connectivity index (χ3n) is 3.67. The van der Waals surface area contributed by atoms with Crippen molar-refractivity contribution in [3.63, 3.8) is 0 Å². The van der Waals surface area contributed by atoms with Crippen molar-refractivity contribution in [1.82, 2.24) is 0 Å². The molecular formula is C13H26O3. The van der Waals surface area contributed by atoms with Gasteiger partial charge in [0, 0.05) is 7.11 Å². The second-order valence-corrected chi connectivity index (χ2v) is 4.84.